The third-order valence-electron chi connectivity index (χ3n) is 3.88. The van der Waals surface area contributed by atoms with Gasteiger partial charge in [0, 0.05) is 17.1 Å². The van der Waals surface area contributed by atoms with Crippen molar-refractivity contribution in [3.8, 4) is 0 Å². The van der Waals surface area contributed by atoms with Crippen molar-refractivity contribution in [2.24, 2.45) is 0 Å². The van der Waals surface area contributed by atoms with E-state index in [1.54, 1.807) is 11.0 Å². The quantitative estimate of drug-likeness (QED) is 0.771. The second-order valence-corrected chi connectivity index (χ2v) is 9.69. The minimum atomic E-state index is -3.04. The van der Waals surface area contributed by atoms with Gasteiger partial charge in [-0.25, -0.2) is 8.42 Å². The first kappa shape index (κ1) is 16.7. The zero-order valence-electron chi connectivity index (χ0n) is 12.3. The first-order valence-corrected chi connectivity index (χ1v) is 10.7. The molecule has 1 aromatic carbocycles. The topological polar surface area (TPSA) is 54.5 Å². The Morgan fingerprint density at radius 2 is 2.13 bits per heavy atom. The minimum absolute atomic E-state index is 0.0537. The second kappa shape index (κ2) is 6.75. The highest BCUT2D eigenvalue weighted by Crippen LogP contribution is 2.24. The maximum atomic E-state index is 12.8. The first-order chi connectivity index (χ1) is 10.9. The van der Waals surface area contributed by atoms with Crippen LogP contribution in [-0.4, -0.2) is 36.8 Å². The molecule has 2 heterocycles. The fourth-order valence-electron chi connectivity index (χ4n) is 2.76. The van der Waals surface area contributed by atoms with E-state index in [9.17, 15) is 13.2 Å². The zero-order valence-corrected chi connectivity index (χ0v) is 15.5. The summed E-state index contributed by atoms with van der Waals surface area (Å²) < 4.78 is 24.6. The highest BCUT2D eigenvalue weighted by Gasteiger charge is 2.35. The first-order valence-electron chi connectivity index (χ1n) is 7.24. The predicted octanol–water partition coefficient (Wildman–Crippen LogP) is 3.34. The van der Waals surface area contributed by atoms with Crippen LogP contribution in [0, 0.1) is 0 Å². The molecule has 0 radical (unpaired) electrons. The summed E-state index contributed by atoms with van der Waals surface area (Å²) in [7, 11) is -3.04. The lowest BCUT2D eigenvalue weighted by Gasteiger charge is -2.28. The number of rotatable bonds is 4. The van der Waals surface area contributed by atoms with Crippen molar-refractivity contribution < 1.29 is 13.2 Å². The van der Waals surface area contributed by atoms with Crippen LogP contribution in [0.4, 0.5) is 0 Å². The Labute approximate surface area is 148 Å². The van der Waals surface area contributed by atoms with Gasteiger partial charge in [-0.2, -0.15) is 0 Å². The molecule has 3 rings (SSSR count). The second-order valence-electron chi connectivity index (χ2n) is 5.60. The third-order valence-corrected chi connectivity index (χ3v) is 6.99. The number of thiophene rings is 1. The van der Waals surface area contributed by atoms with E-state index >= 15 is 0 Å². The van der Waals surface area contributed by atoms with Crippen LogP contribution in [0.15, 0.2) is 46.3 Å². The van der Waals surface area contributed by atoms with Crippen LogP contribution in [0.2, 0.25) is 0 Å². The molecule has 1 fully saturated rings. The molecule has 122 valence electrons. The smallest absolute Gasteiger partial charge is 0.264 e. The normalized spacial score (nSPS) is 19.6. The van der Waals surface area contributed by atoms with Crippen molar-refractivity contribution >= 4 is 43.0 Å². The van der Waals surface area contributed by atoms with Crippen LogP contribution < -0.4 is 0 Å². The summed E-state index contributed by atoms with van der Waals surface area (Å²) in [6.07, 6.45) is 0.507. The minimum Gasteiger partial charge on any atom is -0.330 e. The summed E-state index contributed by atoms with van der Waals surface area (Å²) in [6, 6.07) is 11.1. The molecule has 1 amide bonds. The molecule has 0 saturated carbocycles. The largest absolute Gasteiger partial charge is 0.330 e. The average molecular weight is 414 g/mol. The van der Waals surface area contributed by atoms with Crippen LogP contribution in [-0.2, 0) is 16.4 Å². The number of carbonyl (C=O) groups is 1. The van der Waals surface area contributed by atoms with Crippen molar-refractivity contribution in [2.75, 3.05) is 11.5 Å². The number of sulfone groups is 1. The van der Waals surface area contributed by atoms with Crippen LogP contribution in [0.3, 0.4) is 0 Å². The molecule has 0 spiro atoms. The maximum absolute atomic E-state index is 12.8. The molecule has 0 aliphatic carbocycles. The lowest BCUT2D eigenvalue weighted by molar-refractivity contribution is 0.0686. The number of nitrogens with zero attached hydrogens (tertiary/aromatic N) is 1. The SMILES string of the molecule is O=C(c1cccs1)N(Cc1cccc(Br)c1)[C@@H]1CCS(=O)(=O)C1. The Morgan fingerprint density at radius 3 is 2.74 bits per heavy atom. The Balaban J connectivity index is 1.88. The van der Waals surface area contributed by atoms with Gasteiger partial charge in [-0.15, -0.1) is 11.3 Å². The number of hydrogen-bond acceptors (Lipinski definition) is 4. The van der Waals surface area contributed by atoms with E-state index in [4.69, 9.17) is 0 Å². The van der Waals surface area contributed by atoms with Crippen LogP contribution >= 0.6 is 27.3 Å². The molecule has 0 unspecified atom stereocenters. The van der Waals surface area contributed by atoms with E-state index in [-0.39, 0.29) is 23.5 Å². The fourth-order valence-corrected chi connectivity index (χ4v) is 5.62. The summed E-state index contributed by atoms with van der Waals surface area (Å²) in [6.45, 7) is 0.413. The molecule has 1 atom stereocenters. The van der Waals surface area contributed by atoms with Gasteiger partial charge in [0.2, 0.25) is 0 Å². The Morgan fingerprint density at radius 1 is 1.30 bits per heavy atom. The lowest BCUT2D eigenvalue weighted by atomic mass is 10.1. The third kappa shape index (κ3) is 4.02. The summed E-state index contributed by atoms with van der Waals surface area (Å²) in [5, 5.41) is 1.86. The molecule has 1 aliphatic rings. The molecule has 7 heteroatoms. The van der Waals surface area contributed by atoms with Gasteiger partial charge in [-0.05, 0) is 35.6 Å². The van der Waals surface area contributed by atoms with Gasteiger partial charge >= 0.3 is 0 Å². The zero-order chi connectivity index (χ0) is 16.4. The number of hydrogen-bond donors (Lipinski definition) is 0. The number of carbonyl (C=O) groups excluding carboxylic acids is 1. The average Bonchev–Trinajstić information content (AvgIpc) is 3.13. The summed E-state index contributed by atoms with van der Waals surface area (Å²) in [4.78, 5) is 15.2. The monoisotopic (exact) mass is 413 g/mol. The Bertz CT molecular complexity index is 802. The molecular weight excluding hydrogens is 398 g/mol. The van der Waals surface area contributed by atoms with Gasteiger partial charge < -0.3 is 4.90 Å². The maximum Gasteiger partial charge on any atom is 0.264 e. The number of halogens is 1. The van der Waals surface area contributed by atoms with E-state index in [0.29, 0.717) is 17.8 Å². The van der Waals surface area contributed by atoms with Gasteiger partial charge in [0.1, 0.15) is 0 Å². The van der Waals surface area contributed by atoms with Crippen LogP contribution in [0.5, 0.6) is 0 Å². The number of benzene rings is 1. The van der Waals surface area contributed by atoms with E-state index in [1.807, 2.05) is 35.7 Å². The summed E-state index contributed by atoms with van der Waals surface area (Å²) in [5.41, 5.74) is 0.980. The summed E-state index contributed by atoms with van der Waals surface area (Å²) in [5.74, 6) is 0.116. The molecule has 0 bridgehead atoms. The molecule has 0 N–H and O–H groups in total. The molecule has 23 heavy (non-hydrogen) atoms. The molecular formula is C16H16BrNO3S2. The predicted molar refractivity (Wildman–Crippen MR) is 95.4 cm³/mol. The van der Waals surface area contributed by atoms with Gasteiger partial charge in [-0.3, -0.25) is 4.79 Å². The number of amides is 1. The van der Waals surface area contributed by atoms with Crippen molar-refractivity contribution in [3.63, 3.8) is 0 Å². The van der Waals surface area contributed by atoms with Gasteiger partial charge in [-0.1, -0.05) is 34.1 Å². The standard InChI is InChI=1S/C16H16BrNO3S2/c17-13-4-1-3-12(9-13)10-18(14-6-8-23(20,21)11-14)16(19)15-5-2-7-22-15/h1-5,7,9,14H,6,8,10-11H2/t14-/m1/s1. The Hall–Kier alpha value is -1.18. The fraction of sp³-hybridized carbons (Fsp3) is 0.312. The lowest BCUT2D eigenvalue weighted by Crippen LogP contribution is -2.40. The molecule has 4 nitrogen and oxygen atoms in total. The van der Waals surface area contributed by atoms with E-state index in [2.05, 4.69) is 15.9 Å². The summed E-state index contributed by atoms with van der Waals surface area (Å²) >= 11 is 4.81. The van der Waals surface area contributed by atoms with Crippen LogP contribution in [0.1, 0.15) is 21.7 Å². The molecule has 1 aromatic heterocycles. The molecule has 1 aliphatic heterocycles. The van der Waals surface area contributed by atoms with Crippen molar-refractivity contribution in [2.45, 2.75) is 19.0 Å². The highest BCUT2D eigenvalue weighted by atomic mass is 79.9. The van der Waals surface area contributed by atoms with Crippen molar-refractivity contribution in [1.82, 2.24) is 4.90 Å². The van der Waals surface area contributed by atoms with Crippen molar-refractivity contribution in [3.05, 3.63) is 56.7 Å². The van der Waals surface area contributed by atoms with Gasteiger partial charge in [0.05, 0.1) is 16.4 Å². The molecule has 1 saturated heterocycles. The van der Waals surface area contributed by atoms with E-state index < -0.39 is 9.84 Å². The van der Waals surface area contributed by atoms with E-state index in [0.717, 1.165) is 10.0 Å². The highest BCUT2D eigenvalue weighted by molar-refractivity contribution is 9.10. The van der Waals surface area contributed by atoms with Gasteiger partial charge in [0.25, 0.3) is 5.91 Å². The van der Waals surface area contributed by atoms with Crippen LogP contribution in [0.25, 0.3) is 0 Å². The van der Waals surface area contributed by atoms with Crippen molar-refractivity contribution in [1.29, 1.82) is 0 Å². The van der Waals surface area contributed by atoms with Gasteiger partial charge in [0.15, 0.2) is 9.84 Å². The molecule has 2 aromatic rings. The van der Waals surface area contributed by atoms with E-state index in [1.165, 1.54) is 11.3 Å². The Kier molecular flexibility index (Phi) is 4.89.